The fourth-order valence-electron chi connectivity index (χ4n) is 3.57. The Balaban J connectivity index is 1.58. The van der Waals surface area contributed by atoms with Gasteiger partial charge in [0.2, 0.25) is 5.91 Å². The van der Waals surface area contributed by atoms with E-state index in [9.17, 15) is 9.59 Å². The number of hydrogen-bond donors (Lipinski definition) is 1. The van der Waals surface area contributed by atoms with Crippen molar-refractivity contribution >= 4 is 11.8 Å². The number of piperidine rings is 1. The standard InChI is InChI=1S/C20H28N2O4/c1-14(2)17(21-18(23)15-6-4-3-5-7-15)19(24)22-10-8-16(9-11-22)20-25-12-13-26-20/h3-7,14,16-17,20H,8-13H2,1-2H3,(H,21,23). The third-order valence-electron chi connectivity index (χ3n) is 5.14. The van der Waals surface area contributed by atoms with Crippen LogP contribution < -0.4 is 5.32 Å². The highest BCUT2D eigenvalue weighted by Crippen LogP contribution is 2.26. The van der Waals surface area contributed by atoms with Gasteiger partial charge in [0.15, 0.2) is 6.29 Å². The molecule has 0 radical (unpaired) electrons. The molecular weight excluding hydrogens is 332 g/mol. The van der Waals surface area contributed by atoms with Crippen molar-refractivity contribution in [2.45, 2.75) is 39.0 Å². The Morgan fingerprint density at radius 1 is 1.08 bits per heavy atom. The van der Waals surface area contributed by atoms with Crippen LogP contribution in [0.15, 0.2) is 30.3 Å². The zero-order chi connectivity index (χ0) is 18.5. The topological polar surface area (TPSA) is 67.9 Å². The minimum Gasteiger partial charge on any atom is -0.350 e. The predicted molar refractivity (Wildman–Crippen MR) is 97.5 cm³/mol. The van der Waals surface area contributed by atoms with E-state index in [0.717, 1.165) is 12.8 Å². The van der Waals surface area contributed by atoms with E-state index >= 15 is 0 Å². The summed E-state index contributed by atoms with van der Waals surface area (Å²) < 4.78 is 11.2. The van der Waals surface area contributed by atoms with Crippen LogP contribution in [0.4, 0.5) is 0 Å². The van der Waals surface area contributed by atoms with Gasteiger partial charge in [0, 0.05) is 24.6 Å². The average Bonchev–Trinajstić information content (AvgIpc) is 3.21. The molecule has 1 aromatic carbocycles. The average molecular weight is 360 g/mol. The Morgan fingerprint density at radius 2 is 1.69 bits per heavy atom. The molecule has 6 nitrogen and oxygen atoms in total. The number of benzene rings is 1. The van der Waals surface area contributed by atoms with Crippen molar-refractivity contribution in [3.63, 3.8) is 0 Å². The summed E-state index contributed by atoms with van der Waals surface area (Å²) in [5.41, 5.74) is 0.570. The third kappa shape index (κ3) is 4.43. The fourth-order valence-corrected chi connectivity index (χ4v) is 3.57. The van der Waals surface area contributed by atoms with E-state index in [4.69, 9.17) is 9.47 Å². The first-order valence-electron chi connectivity index (χ1n) is 9.44. The molecule has 2 heterocycles. The second-order valence-corrected chi connectivity index (χ2v) is 7.33. The number of carbonyl (C=O) groups excluding carboxylic acids is 2. The van der Waals surface area contributed by atoms with E-state index in [0.29, 0.717) is 37.8 Å². The summed E-state index contributed by atoms with van der Waals surface area (Å²) in [6.07, 6.45) is 1.62. The number of nitrogens with one attached hydrogen (secondary N) is 1. The Kier molecular flexibility index (Phi) is 6.27. The van der Waals surface area contributed by atoms with Gasteiger partial charge < -0.3 is 19.7 Å². The highest BCUT2D eigenvalue weighted by Gasteiger charge is 2.35. The smallest absolute Gasteiger partial charge is 0.251 e. The summed E-state index contributed by atoms with van der Waals surface area (Å²) in [4.78, 5) is 27.3. The number of nitrogens with zero attached hydrogens (tertiary/aromatic N) is 1. The van der Waals surface area contributed by atoms with Crippen LogP contribution in [0.5, 0.6) is 0 Å². The van der Waals surface area contributed by atoms with Crippen LogP contribution in [0.1, 0.15) is 37.0 Å². The van der Waals surface area contributed by atoms with Crippen molar-refractivity contribution in [2.75, 3.05) is 26.3 Å². The number of rotatable bonds is 5. The van der Waals surface area contributed by atoms with Gasteiger partial charge in [0.1, 0.15) is 6.04 Å². The summed E-state index contributed by atoms with van der Waals surface area (Å²) in [7, 11) is 0. The van der Waals surface area contributed by atoms with E-state index in [1.165, 1.54) is 0 Å². The number of carbonyl (C=O) groups is 2. The fraction of sp³-hybridized carbons (Fsp3) is 0.600. The molecule has 0 spiro atoms. The van der Waals surface area contributed by atoms with Gasteiger partial charge >= 0.3 is 0 Å². The van der Waals surface area contributed by atoms with Crippen LogP contribution in [0.3, 0.4) is 0 Å². The molecule has 1 aromatic rings. The maximum Gasteiger partial charge on any atom is 0.251 e. The quantitative estimate of drug-likeness (QED) is 0.873. The molecule has 1 atom stereocenters. The van der Waals surface area contributed by atoms with Crippen molar-refractivity contribution in [3.8, 4) is 0 Å². The van der Waals surface area contributed by atoms with Crippen LogP contribution in [0.2, 0.25) is 0 Å². The zero-order valence-corrected chi connectivity index (χ0v) is 15.5. The van der Waals surface area contributed by atoms with Crippen LogP contribution >= 0.6 is 0 Å². The molecule has 6 heteroatoms. The molecule has 2 amide bonds. The van der Waals surface area contributed by atoms with Crippen molar-refractivity contribution < 1.29 is 19.1 Å². The lowest BCUT2D eigenvalue weighted by atomic mass is 9.94. The normalized spacial score (nSPS) is 20.3. The van der Waals surface area contributed by atoms with E-state index in [2.05, 4.69) is 5.32 Å². The summed E-state index contributed by atoms with van der Waals surface area (Å²) >= 11 is 0. The largest absolute Gasteiger partial charge is 0.350 e. The van der Waals surface area contributed by atoms with Crippen LogP contribution in [0.25, 0.3) is 0 Å². The first kappa shape index (κ1) is 18.9. The van der Waals surface area contributed by atoms with Gasteiger partial charge in [-0.05, 0) is 30.9 Å². The number of amides is 2. The second-order valence-electron chi connectivity index (χ2n) is 7.33. The highest BCUT2D eigenvalue weighted by molar-refractivity contribution is 5.97. The molecule has 0 aromatic heterocycles. The third-order valence-corrected chi connectivity index (χ3v) is 5.14. The van der Waals surface area contributed by atoms with Crippen molar-refractivity contribution in [1.82, 2.24) is 10.2 Å². The summed E-state index contributed by atoms with van der Waals surface area (Å²) in [6, 6.07) is 8.49. The Labute approximate surface area is 154 Å². The van der Waals surface area contributed by atoms with Gasteiger partial charge in [-0.1, -0.05) is 32.0 Å². The molecule has 3 rings (SSSR count). The highest BCUT2D eigenvalue weighted by atomic mass is 16.7. The SMILES string of the molecule is CC(C)C(NC(=O)c1ccccc1)C(=O)N1CCC(C2OCCO2)CC1. The summed E-state index contributed by atoms with van der Waals surface area (Å²) in [5, 5.41) is 2.92. The lowest BCUT2D eigenvalue weighted by molar-refractivity contribution is -0.139. The van der Waals surface area contributed by atoms with Gasteiger partial charge in [0.25, 0.3) is 5.91 Å². The maximum atomic E-state index is 13.0. The van der Waals surface area contributed by atoms with E-state index < -0.39 is 6.04 Å². The van der Waals surface area contributed by atoms with Crippen molar-refractivity contribution in [3.05, 3.63) is 35.9 Å². The number of hydrogen-bond acceptors (Lipinski definition) is 4. The lowest BCUT2D eigenvalue weighted by Gasteiger charge is -2.36. The molecule has 1 N–H and O–H groups in total. The Morgan fingerprint density at radius 3 is 2.27 bits per heavy atom. The molecule has 142 valence electrons. The van der Waals surface area contributed by atoms with Gasteiger partial charge in [-0.2, -0.15) is 0 Å². The lowest BCUT2D eigenvalue weighted by Crippen LogP contribution is -2.53. The summed E-state index contributed by atoms with van der Waals surface area (Å²) in [5.74, 6) is 0.156. The number of ether oxygens (including phenoxy) is 2. The summed E-state index contributed by atoms with van der Waals surface area (Å²) in [6.45, 7) is 6.59. The zero-order valence-electron chi connectivity index (χ0n) is 15.5. The first-order chi connectivity index (χ1) is 12.6. The molecule has 0 saturated carbocycles. The molecule has 26 heavy (non-hydrogen) atoms. The first-order valence-corrected chi connectivity index (χ1v) is 9.44. The Bertz CT molecular complexity index is 605. The second kappa shape index (κ2) is 8.64. The van der Waals surface area contributed by atoms with Crippen LogP contribution in [0, 0.1) is 11.8 Å². The van der Waals surface area contributed by atoms with Crippen LogP contribution in [-0.4, -0.2) is 55.3 Å². The molecule has 0 aliphatic carbocycles. The van der Waals surface area contributed by atoms with Gasteiger partial charge in [-0.3, -0.25) is 9.59 Å². The molecule has 2 saturated heterocycles. The van der Waals surface area contributed by atoms with E-state index in [1.807, 2.05) is 36.9 Å². The van der Waals surface area contributed by atoms with E-state index in [-0.39, 0.29) is 24.0 Å². The monoisotopic (exact) mass is 360 g/mol. The van der Waals surface area contributed by atoms with Gasteiger partial charge in [-0.15, -0.1) is 0 Å². The molecule has 1 unspecified atom stereocenters. The van der Waals surface area contributed by atoms with Crippen molar-refractivity contribution in [1.29, 1.82) is 0 Å². The van der Waals surface area contributed by atoms with Gasteiger partial charge in [0.05, 0.1) is 13.2 Å². The van der Waals surface area contributed by atoms with Gasteiger partial charge in [-0.25, -0.2) is 0 Å². The van der Waals surface area contributed by atoms with Crippen LogP contribution in [-0.2, 0) is 14.3 Å². The minimum atomic E-state index is -0.516. The molecule has 2 aliphatic rings. The maximum absolute atomic E-state index is 13.0. The minimum absolute atomic E-state index is 0.00371. The Hall–Kier alpha value is -1.92. The van der Waals surface area contributed by atoms with E-state index in [1.54, 1.807) is 12.1 Å². The van der Waals surface area contributed by atoms with Crippen molar-refractivity contribution in [2.24, 2.45) is 11.8 Å². The molecule has 2 fully saturated rings. The molecule has 2 aliphatic heterocycles. The predicted octanol–water partition coefficient (Wildman–Crippen LogP) is 2.05. The molecule has 0 bridgehead atoms. The molecular formula is C20H28N2O4. The number of likely N-dealkylation sites (tertiary alicyclic amines) is 1.